The Morgan fingerprint density at radius 1 is 0.968 bits per heavy atom. The summed E-state index contributed by atoms with van der Waals surface area (Å²) in [6.07, 6.45) is 1.54. The molecule has 0 fully saturated rings. The molecule has 2 aromatic heterocycles. The third kappa shape index (κ3) is 4.16. The lowest BCUT2D eigenvalue weighted by Crippen LogP contribution is -2.33. The van der Waals surface area contributed by atoms with E-state index in [2.05, 4.69) is 0 Å². The molecule has 2 aromatic carbocycles. The van der Waals surface area contributed by atoms with Gasteiger partial charge in [-0.1, -0.05) is 30.3 Å². The van der Waals surface area contributed by atoms with E-state index >= 15 is 0 Å². The Bertz CT molecular complexity index is 1260. The SMILES string of the molecule is COc1cccc(CN(Cc2ccco2)C(=O)c2cc3ccccc3oc2=O)c1OC. The number of para-hydroxylation sites is 2. The summed E-state index contributed by atoms with van der Waals surface area (Å²) in [6, 6.07) is 17.6. The van der Waals surface area contributed by atoms with E-state index in [-0.39, 0.29) is 18.7 Å². The molecule has 0 aliphatic carbocycles. The second-order valence-electron chi connectivity index (χ2n) is 6.88. The summed E-state index contributed by atoms with van der Waals surface area (Å²) >= 11 is 0. The lowest BCUT2D eigenvalue weighted by atomic mass is 10.1. The maximum atomic E-state index is 13.4. The molecule has 7 nitrogen and oxygen atoms in total. The van der Waals surface area contributed by atoms with Crippen LogP contribution < -0.4 is 15.1 Å². The molecule has 0 aliphatic rings. The topological polar surface area (TPSA) is 82.1 Å². The first-order chi connectivity index (χ1) is 15.1. The molecule has 2 heterocycles. The molecule has 31 heavy (non-hydrogen) atoms. The van der Waals surface area contributed by atoms with Crippen molar-refractivity contribution in [2.75, 3.05) is 14.2 Å². The number of furan rings is 1. The van der Waals surface area contributed by atoms with Crippen LogP contribution in [-0.2, 0) is 13.1 Å². The van der Waals surface area contributed by atoms with Gasteiger partial charge in [0.1, 0.15) is 16.9 Å². The smallest absolute Gasteiger partial charge is 0.349 e. The normalized spacial score (nSPS) is 10.8. The number of carbonyl (C=O) groups excluding carboxylic acids is 1. The minimum Gasteiger partial charge on any atom is -0.493 e. The quantitative estimate of drug-likeness (QED) is 0.417. The fourth-order valence-corrected chi connectivity index (χ4v) is 3.46. The molecule has 7 heteroatoms. The van der Waals surface area contributed by atoms with E-state index in [0.29, 0.717) is 28.2 Å². The van der Waals surface area contributed by atoms with Crippen molar-refractivity contribution in [3.63, 3.8) is 0 Å². The minimum absolute atomic E-state index is 0.0490. The highest BCUT2D eigenvalue weighted by Gasteiger charge is 2.24. The van der Waals surface area contributed by atoms with Gasteiger partial charge >= 0.3 is 5.63 Å². The van der Waals surface area contributed by atoms with Crippen LogP contribution in [0.15, 0.2) is 80.6 Å². The zero-order valence-electron chi connectivity index (χ0n) is 17.2. The van der Waals surface area contributed by atoms with Crippen LogP contribution in [0.3, 0.4) is 0 Å². The first-order valence-electron chi connectivity index (χ1n) is 9.65. The fourth-order valence-electron chi connectivity index (χ4n) is 3.46. The average molecular weight is 419 g/mol. The van der Waals surface area contributed by atoms with Gasteiger partial charge in [-0.05, 0) is 30.3 Å². The Labute approximate surface area is 178 Å². The number of ether oxygens (including phenoxy) is 2. The lowest BCUT2D eigenvalue weighted by molar-refractivity contribution is 0.0712. The molecular weight excluding hydrogens is 398 g/mol. The van der Waals surface area contributed by atoms with Crippen molar-refractivity contribution < 1.29 is 23.1 Å². The Balaban J connectivity index is 1.75. The highest BCUT2D eigenvalue weighted by Crippen LogP contribution is 2.32. The Morgan fingerprint density at radius 3 is 2.55 bits per heavy atom. The predicted molar refractivity (Wildman–Crippen MR) is 114 cm³/mol. The van der Waals surface area contributed by atoms with Crippen LogP contribution in [-0.4, -0.2) is 25.0 Å². The number of amides is 1. The van der Waals surface area contributed by atoms with E-state index in [1.807, 2.05) is 18.2 Å². The van der Waals surface area contributed by atoms with Gasteiger partial charge in [-0.3, -0.25) is 4.79 Å². The van der Waals surface area contributed by atoms with Crippen LogP contribution in [0, 0.1) is 0 Å². The predicted octanol–water partition coefficient (Wildman–Crippen LogP) is 4.25. The highest BCUT2D eigenvalue weighted by molar-refractivity contribution is 5.96. The summed E-state index contributed by atoms with van der Waals surface area (Å²) in [5.41, 5.74) is 0.418. The number of rotatable bonds is 7. The van der Waals surface area contributed by atoms with Gasteiger partial charge in [0.15, 0.2) is 11.5 Å². The fraction of sp³-hybridized carbons (Fsp3) is 0.167. The first-order valence-corrected chi connectivity index (χ1v) is 9.65. The molecule has 0 bridgehead atoms. The molecule has 158 valence electrons. The Kier molecular flexibility index (Phi) is 5.75. The molecule has 0 spiro atoms. The number of fused-ring (bicyclic) bond motifs is 1. The van der Waals surface area contributed by atoms with Gasteiger partial charge in [-0.2, -0.15) is 0 Å². The number of hydrogen-bond donors (Lipinski definition) is 0. The summed E-state index contributed by atoms with van der Waals surface area (Å²) in [5, 5.41) is 0.669. The Morgan fingerprint density at radius 2 is 1.81 bits per heavy atom. The van der Waals surface area contributed by atoms with Gasteiger partial charge in [0.25, 0.3) is 5.91 Å². The second-order valence-corrected chi connectivity index (χ2v) is 6.88. The van der Waals surface area contributed by atoms with Gasteiger partial charge in [0.05, 0.1) is 33.6 Å². The molecule has 4 aromatic rings. The summed E-state index contributed by atoms with van der Waals surface area (Å²) in [4.78, 5) is 27.5. The maximum Gasteiger partial charge on any atom is 0.349 e. The molecule has 0 unspecified atom stereocenters. The highest BCUT2D eigenvalue weighted by atomic mass is 16.5. The van der Waals surface area contributed by atoms with Crippen molar-refractivity contribution in [2.24, 2.45) is 0 Å². The van der Waals surface area contributed by atoms with E-state index in [1.165, 1.54) is 18.3 Å². The summed E-state index contributed by atoms with van der Waals surface area (Å²) in [6.45, 7) is 0.338. The van der Waals surface area contributed by atoms with E-state index in [1.54, 1.807) is 49.6 Å². The van der Waals surface area contributed by atoms with Crippen LogP contribution in [0.4, 0.5) is 0 Å². The van der Waals surface area contributed by atoms with Gasteiger partial charge in [0.2, 0.25) is 0 Å². The molecule has 4 rings (SSSR count). The Hall–Kier alpha value is -4.00. The van der Waals surface area contributed by atoms with Gasteiger partial charge in [-0.15, -0.1) is 0 Å². The zero-order chi connectivity index (χ0) is 21.8. The minimum atomic E-state index is -0.689. The zero-order valence-corrected chi connectivity index (χ0v) is 17.2. The summed E-state index contributed by atoms with van der Waals surface area (Å²) < 4.78 is 21.7. The van der Waals surface area contributed by atoms with Crippen molar-refractivity contribution in [3.05, 3.63) is 94.2 Å². The van der Waals surface area contributed by atoms with E-state index < -0.39 is 11.5 Å². The number of hydrogen-bond acceptors (Lipinski definition) is 6. The summed E-state index contributed by atoms with van der Waals surface area (Å²) in [5.74, 6) is 1.18. The van der Waals surface area contributed by atoms with Crippen LogP contribution >= 0.6 is 0 Å². The van der Waals surface area contributed by atoms with Crippen molar-refractivity contribution in [3.8, 4) is 11.5 Å². The third-order valence-electron chi connectivity index (χ3n) is 4.93. The number of benzene rings is 2. The molecule has 0 saturated heterocycles. The monoisotopic (exact) mass is 419 g/mol. The van der Waals surface area contributed by atoms with Gasteiger partial charge < -0.3 is 23.2 Å². The van der Waals surface area contributed by atoms with Crippen molar-refractivity contribution in [1.29, 1.82) is 0 Å². The third-order valence-corrected chi connectivity index (χ3v) is 4.93. The van der Waals surface area contributed by atoms with Gasteiger partial charge in [0, 0.05) is 10.9 Å². The number of methoxy groups -OCH3 is 2. The molecule has 1 amide bonds. The number of carbonyl (C=O) groups is 1. The molecule has 0 aliphatic heterocycles. The van der Waals surface area contributed by atoms with Crippen molar-refractivity contribution in [1.82, 2.24) is 4.90 Å². The second kappa shape index (κ2) is 8.79. The van der Waals surface area contributed by atoms with Crippen LogP contribution in [0.5, 0.6) is 11.5 Å². The van der Waals surface area contributed by atoms with Crippen LogP contribution in [0.25, 0.3) is 11.0 Å². The maximum absolute atomic E-state index is 13.4. The molecule has 0 atom stereocenters. The average Bonchev–Trinajstić information content (AvgIpc) is 3.30. The molecule has 0 radical (unpaired) electrons. The first kappa shape index (κ1) is 20.3. The van der Waals surface area contributed by atoms with Crippen LogP contribution in [0.1, 0.15) is 21.7 Å². The number of nitrogens with zero attached hydrogens (tertiary/aromatic N) is 1. The standard InChI is InChI=1S/C24H21NO6/c1-28-21-11-5-8-17(22(21)29-2)14-25(15-18-9-6-12-30-18)23(26)19-13-16-7-3-4-10-20(16)31-24(19)27/h3-13H,14-15H2,1-2H3. The van der Waals surface area contributed by atoms with Gasteiger partial charge in [-0.25, -0.2) is 4.79 Å². The van der Waals surface area contributed by atoms with Crippen molar-refractivity contribution in [2.45, 2.75) is 13.1 Å². The molecular formula is C24H21NO6. The lowest BCUT2D eigenvalue weighted by Gasteiger charge is -2.23. The van der Waals surface area contributed by atoms with Crippen LogP contribution in [0.2, 0.25) is 0 Å². The largest absolute Gasteiger partial charge is 0.493 e. The van der Waals surface area contributed by atoms with E-state index in [0.717, 1.165) is 5.56 Å². The van der Waals surface area contributed by atoms with Crippen molar-refractivity contribution >= 4 is 16.9 Å². The molecule has 0 saturated carbocycles. The van der Waals surface area contributed by atoms with E-state index in [9.17, 15) is 9.59 Å². The van der Waals surface area contributed by atoms with E-state index in [4.69, 9.17) is 18.3 Å². The molecule has 0 N–H and O–H groups in total. The summed E-state index contributed by atoms with van der Waals surface area (Å²) in [7, 11) is 3.09.